The van der Waals surface area contributed by atoms with Crippen LogP contribution in [0.5, 0.6) is 5.75 Å². The number of rotatable bonds is 7. The van der Waals surface area contributed by atoms with Gasteiger partial charge in [-0.25, -0.2) is 4.39 Å². The summed E-state index contributed by atoms with van der Waals surface area (Å²) in [5, 5.41) is 6.65. The molecule has 0 saturated heterocycles. The summed E-state index contributed by atoms with van der Waals surface area (Å²) in [6.45, 7) is 0.432. The van der Waals surface area contributed by atoms with Gasteiger partial charge >= 0.3 is 0 Å². The number of hydrogen-bond acceptors (Lipinski definition) is 5. The van der Waals surface area contributed by atoms with Crippen molar-refractivity contribution >= 4 is 5.91 Å². The number of aryl methyl sites for hydroxylation is 1. The van der Waals surface area contributed by atoms with Crippen LogP contribution in [0.15, 0.2) is 53.1 Å². The van der Waals surface area contributed by atoms with E-state index in [0.717, 1.165) is 11.3 Å². The molecule has 0 bridgehead atoms. The Morgan fingerprint density at radius 2 is 2.04 bits per heavy atom. The molecule has 134 valence electrons. The van der Waals surface area contributed by atoms with Crippen molar-refractivity contribution in [3.63, 3.8) is 0 Å². The van der Waals surface area contributed by atoms with Gasteiger partial charge in [0.1, 0.15) is 11.6 Å². The molecular formula is C19H18FN3O3. The van der Waals surface area contributed by atoms with Gasteiger partial charge < -0.3 is 14.6 Å². The van der Waals surface area contributed by atoms with Crippen molar-refractivity contribution in [3.8, 4) is 17.1 Å². The van der Waals surface area contributed by atoms with Crippen molar-refractivity contribution in [3.05, 3.63) is 65.8 Å². The van der Waals surface area contributed by atoms with Crippen LogP contribution in [0.4, 0.5) is 4.39 Å². The third-order valence-corrected chi connectivity index (χ3v) is 3.77. The molecule has 2 aromatic carbocycles. The van der Waals surface area contributed by atoms with E-state index in [0.29, 0.717) is 30.2 Å². The average molecular weight is 355 g/mol. The molecule has 0 aliphatic rings. The zero-order valence-corrected chi connectivity index (χ0v) is 14.2. The SMILES string of the molecule is COc1ccc(CNC(=O)CCc2nc(-c3cccc(F)c3)no2)cc1. The highest BCUT2D eigenvalue weighted by atomic mass is 19.1. The second kappa shape index (κ2) is 8.24. The van der Waals surface area contributed by atoms with Gasteiger partial charge in [-0.3, -0.25) is 4.79 Å². The first-order valence-electron chi connectivity index (χ1n) is 8.12. The van der Waals surface area contributed by atoms with Crippen molar-refractivity contribution in [2.45, 2.75) is 19.4 Å². The molecule has 0 fully saturated rings. The fraction of sp³-hybridized carbons (Fsp3) is 0.211. The van der Waals surface area contributed by atoms with Gasteiger partial charge in [-0.1, -0.05) is 29.4 Å². The summed E-state index contributed by atoms with van der Waals surface area (Å²) in [6.07, 6.45) is 0.539. The Bertz CT molecular complexity index is 878. The van der Waals surface area contributed by atoms with Crippen LogP contribution >= 0.6 is 0 Å². The van der Waals surface area contributed by atoms with E-state index in [-0.39, 0.29) is 18.1 Å². The Balaban J connectivity index is 1.48. The number of carbonyl (C=O) groups is 1. The van der Waals surface area contributed by atoms with Crippen LogP contribution in [0.3, 0.4) is 0 Å². The number of halogens is 1. The summed E-state index contributed by atoms with van der Waals surface area (Å²) >= 11 is 0. The number of ether oxygens (including phenoxy) is 1. The predicted octanol–water partition coefficient (Wildman–Crippen LogP) is 3.13. The van der Waals surface area contributed by atoms with Gasteiger partial charge in [0.2, 0.25) is 17.6 Å². The van der Waals surface area contributed by atoms with E-state index >= 15 is 0 Å². The van der Waals surface area contributed by atoms with E-state index in [4.69, 9.17) is 9.26 Å². The number of hydrogen-bond donors (Lipinski definition) is 1. The number of benzene rings is 2. The summed E-state index contributed by atoms with van der Waals surface area (Å²) in [6, 6.07) is 13.4. The van der Waals surface area contributed by atoms with Gasteiger partial charge in [-0.15, -0.1) is 0 Å². The first-order chi connectivity index (χ1) is 12.6. The van der Waals surface area contributed by atoms with Gasteiger partial charge in [-0.2, -0.15) is 4.98 Å². The zero-order valence-electron chi connectivity index (χ0n) is 14.2. The number of nitrogens with zero attached hydrogens (tertiary/aromatic N) is 2. The molecule has 6 nitrogen and oxygen atoms in total. The normalized spacial score (nSPS) is 10.5. The number of carbonyl (C=O) groups excluding carboxylic acids is 1. The summed E-state index contributed by atoms with van der Waals surface area (Å²) in [4.78, 5) is 16.2. The van der Waals surface area contributed by atoms with Gasteiger partial charge in [0.15, 0.2) is 0 Å². The van der Waals surface area contributed by atoms with Crippen molar-refractivity contribution in [2.75, 3.05) is 7.11 Å². The van der Waals surface area contributed by atoms with Crippen LogP contribution in [0.25, 0.3) is 11.4 Å². The first kappa shape index (κ1) is 17.6. The van der Waals surface area contributed by atoms with Crippen LogP contribution < -0.4 is 10.1 Å². The van der Waals surface area contributed by atoms with Crippen LogP contribution in [0.2, 0.25) is 0 Å². The predicted molar refractivity (Wildman–Crippen MR) is 92.9 cm³/mol. The fourth-order valence-corrected chi connectivity index (χ4v) is 2.35. The molecular weight excluding hydrogens is 337 g/mol. The maximum atomic E-state index is 13.2. The van der Waals surface area contributed by atoms with E-state index in [1.807, 2.05) is 24.3 Å². The number of methoxy groups -OCH3 is 1. The molecule has 1 aromatic heterocycles. The van der Waals surface area contributed by atoms with E-state index in [2.05, 4.69) is 15.5 Å². The molecule has 0 aliphatic heterocycles. The molecule has 0 radical (unpaired) electrons. The van der Waals surface area contributed by atoms with E-state index in [1.54, 1.807) is 19.2 Å². The highest BCUT2D eigenvalue weighted by Crippen LogP contribution is 2.17. The first-order valence-corrected chi connectivity index (χ1v) is 8.12. The maximum Gasteiger partial charge on any atom is 0.227 e. The van der Waals surface area contributed by atoms with Crippen LogP contribution in [-0.4, -0.2) is 23.2 Å². The Morgan fingerprint density at radius 1 is 1.23 bits per heavy atom. The quantitative estimate of drug-likeness (QED) is 0.704. The molecule has 0 atom stereocenters. The van der Waals surface area contributed by atoms with E-state index < -0.39 is 0 Å². The summed E-state index contributed by atoms with van der Waals surface area (Å²) in [5.41, 5.74) is 1.51. The van der Waals surface area contributed by atoms with Gasteiger partial charge in [-0.05, 0) is 29.8 Å². The summed E-state index contributed by atoms with van der Waals surface area (Å²) in [7, 11) is 1.61. The topological polar surface area (TPSA) is 77.2 Å². The molecule has 1 amide bonds. The Morgan fingerprint density at radius 3 is 2.77 bits per heavy atom. The van der Waals surface area contributed by atoms with Gasteiger partial charge in [0.05, 0.1) is 7.11 Å². The minimum atomic E-state index is -0.369. The molecule has 3 rings (SSSR count). The fourth-order valence-electron chi connectivity index (χ4n) is 2.35. The second-order valence-electron chi connectivity index (χ2n) is 5.65. The second-order valence-corrected chi connectivity index (χ2v) is 5.65. The van der Waals surface area contributed by atoms with Crippen molar-refractivity contribution in [1.29, 1.82) is 0 Å². The lowest BCUT2D eigenvalue weighted by Gasteiger charge is -2.05. The minimum absolute atomic E-state index is 0.119. The lowest BCUT2D eigenvalue weighted by Crippen LogP contribution is -2.23. The maximum absolute atomic E-state index is 13.2. The zero-order chi connectivity index (χ0) is 18.4. The summed E-state index contributed by atoms with van der Waals surface area (Å²) in [5.74, 6) is 0.922. The molecule has 1 N–H and O–H groups in total. The van der Waals surface area contributed by atoms with Crippen LogP contribution in [0, 0.1) is 5.82 Å². The lowest BCUT2D eigenvalue weighted by molar-refractivity contribution is -0.121. The Labute approximate surface area is 150 Å². The molecule has 3 aromatic rings. The number of amides is 1. The van der Waals surface area contributed by atoms with Crippen LogP contribution in [-0.2, 0) is 17.8 Å². The smallest absolute Gasteiger partial charge is 0.227 e. The molecule has 1 heterocycles. The number of aromatic nitrogens is 2. The van der Waals surface area contributed by atoms with Crippen molar-refractivity contribution in [1.82, 2.24) is 15.5 Å². The monoisotopic (exact) mass is 355 g/mol. The lowest BCUT2D eigenvalue weighted by atomic mass is 10.2. The largest absolute Gasteiger partial charge is 0.497 e. The van der Waals surface area contributed by atoms with E-state index in [9.17, 15) is 9.18 Å². The Kier molecular flexibility index (Phi) is 5.58. The Hall–Kier alpha value is -3.22. The van der Waals surface area contributed by atoms with Gasteiger partial charge in [0, 0.05) is 24.9 Å². The standard InChI is InChI=1S/C19H18FN3O3/c1-25-16-7-5-13(6-8-16)12-21-17(24)9-10-18-22-19(23-26-18)14-3-2-4-15(20)11-14/h2-8,11H,9-10,12H2,1H3,(H,21,24). The van der Waals surface area contributed by atoms with Crippen LogP contribution in [0.1, 0.15) is 17.9 Å². The van der Waals surface area contributed by atoms with Crippen molar-refractivity contribution in [2.24, 2.45) is 0 Å². The third kappa shape index (κ3) is 4.66. The highest BCUT2D eigenvalue weighted by Gasteiger charge is 2.11. The molecule has 7 heteroatoms. The van der Waals surface area contributed by atoms with Gasteiger partial charge in [0.25, 0.3) is 0 Å². The molecule has 0 spiro atoms. The minimum Gasteiger partial charge on any atom is -0.497 e. The highest BCUT2D eigenvalue weighted by molar-refractivity contribution is 5.76. The molecule has 0 aliphatic carbocycles. The number of nitrogens with one attached hydrogen (secondary N) is 1. The average Bonchev–Trinajstić information content (AvgIpc) is 3.14. The summed E-state index contributed by atoms with van der Waals surface area (Å²) < 4.78 is 23.4. The van der Waals surface area contributed by atoms with Crippen molar-refractivity contribution < 1.29 is 18.4 Å². The third-order valence-electron chi connectivity index (χ3n) is 3.77. The molecule has 26 heavy (non-hydrogen) atoms. The molecule has 0 unspecified atom stereocenters. The molecule has 0 saturated carbocycles. The van der Waals surface area contributed by atoms with E-state index in [1.165, 1.54) is 12.1 Å².